The normalized spacial score (nSPS) is 42.2. The van der Waals surface area contributed by atoms with Crippen molar-refractivity contribution in [1.29, 1.82) is 0 Å². The molecule has 3 fully saturated rings. The third-order valence-electron chi connectivity index (χ3n) is 11.2. The summed E-state index contributed by atoms with van der Waals surface area (Å²) in [5.41, 5.74) is 4.33. The molecule has 0 aromatic heterocycles. The lowest BCUT2D eigenvalue weighted by Gasteiger charge is -2.59. The van der Waals surface area contributed by atoms with Crippen molar-refractivity contribution in [3.05, 3.63) is 11.1 Å². The molecule has 2 nitrogen and oxygen atoms in total. The maximum absolute atomic E-state index is 10.6. The Balaban J connectivity index is 1.59. The van der Waals surface area contributed by atoms with Crippen molar-refractivity contribution in [3.63, 3.8) is 0 Å². The molecule has 0 unspecified atom stereocenters. The SMILES string of the molecule is CC(C)CCC[C@@H](C)[C@H]1CC[C@H]2[C@@H]3CC(C[N+](C)(C)C)=C4C[C@@H](O)CC[C@]4(C)[C@H]3CC[C@]12C. The van der Waals surface area contributed by atoms with Crippen LogP contribution in [0.3, 0.4) is 0 Å². The van der Waals surface area contributed by atoms with Gasteiger partial charge in [0.1, 0.15) is 0 Å². The largest absolute Gasteiger partial charge is 0.393 e. The van der Waals surface area contributed by atoms with Gasteiger partial charge >= 0.3 is 0 Å². The van der Waals surface area contributed by atoms with Crippen molar-refractivity contribution >= 4 is 0 Å². The van der Waals surface area contributed by atoms with Gasteiger partial charge in [0.2, 0.25) is 0 Å². The fourth-order valence-corrected chi connectivity index (χ4v) is 9.67. The van der Waals surface area contributed by atoms with Gasteiger partial charge in [-0.2, -0.15) is 0 Å². The average molecular weight is 459 g/mol. The van der Waals surface area contributed by atoms with E-state index in [1.807, 2.05) is 0 Å². The van der Waals surface area contributed by atoms with E-state index in [9.17, 15) is 5.11 Å². The van der Waals surface area contributed by atoms with E-state index < -0.39 is 0 Å². The molecule has 2 heteroatoms. The van der Waals surface area contributed by atoms with Crippen LogP contribution in [0.15, 0.2) is 11.1 Å². The Morgan fingerprint density at radius 1 is 0.909 bits per heavy atom. The minimum atomic E-state index is -0.108. The Morgan fingerprint density at radius 2 is 1.64 bits per heavy atom. The Labute approximate surface area is 206 Å². The van der Waals surface area contributed by atoms with Crippen molar-refractivity contribution in [1.82, 2.24) is 0 Å². The molecule has 4 aliphatic rings. The number of quaternary nitrogens is 1. The van der Waals surface area contributed by atoms with Gasteiger partial charge in [-0.1, -0.05) is 59.5 Å². The van der Waals surface area contributed by atoms with Crippen LogP contribution in [0.4, 0.5) is 0 Å². The lowest BCUT2D eigenvalue weighted by Crippen LogP contribution is -2.53. The van der Waals surface area contributed by atoms with Crippen LogP contribution in [0.5, 0.6) is 0 Å². The van der Waals surface area contributed by atoms with E-state index in [2.05, 4.69) is 55.8 Å². The number of hydrogen-bond acceptors (Lipinski definition) is 1. The summed E-state index contributed by atoms with van der Waals surface area (Å²) in [4.78, 5) is 0. The highest BCUT2D eigenvalue weighted by Crippen LogP contribution is 2.68. The van der Waals surface area contributed by atoms with E-state index >= 15 is 0 Å². The van der Waals surface area contributed by atoms with E-state index in [-0.39, 0.29) is 6.10 Å². The zero-order valence-corrected chi connectivity index (χ0v) is 23.4. The molecule has 1 N–H and O–H groups in total. The summed E-state index contributed by atoms with van der Waals surface area (Å²) in [6.45, 7) is 13.8. The predicted molar refractivity (Wildman–Crippen MR) is 141 cm³/mol. The molecular weight excluding hydrogens is 402 g/mol. The average Bonchev–Trinajstić information content (AvgIpc) is 3.05. The minimum absolute atomic E-state index is 0.108. The van der Waals surface area contributed by atoms with Crippen LogP contribution < -0.4 is 0 Å². The summed E-state index contributed by atoms with van der Waals surface area (Å²) >= 11 is 0. The first-order valence-corrected chi connectivity index (χ1v) is 14.5. The number of aliphatic hydroxyl groups is 1. The van der Waals surface area contributed by atoms with Crippen LogP contribution in [0.2, 0.25) is 0 Å². The zero-order chi connectivity index (χ0) is 24.2. The number of hydrogen-bond donors (Lipinski definition) is 1. The smallest absolute Gasteiger partial charge is 0.1000 e. The number of fused-ring (bicyclic) bond motifs is 5. The van der Waals surface area contributed by atoms with Gasteiger partial charge in [0.05, 0.1) is 33.8 Å². The molecule has 0 spiro atoms. The minimum Gasteiger partial charge on any atom is -0.393 e. The van der Waals surface area contributed by atoms with Crippen LogP contribution in [-0.2, 0) is 0 Å². The van der Waals surface area contributed by atoms with Crippen molar-refractivity contribution in [2.24, 2.45) is 46.3 Å². The number of nitrogens with zero attached hydrogens (tertiary/aromatic N) is 1. The van der Waals surface area contributed by atoms with Gasteiger partial charge in [-0.25, -0.2) is 0 Å². The first kappa shape index (κ1) is 25.7. The maximum Gasteiger partial charge on any atom is 0.1000 e. The highest BCUT2D eigenvalue weighted by molar-refractivity contribution is 5.32. The molecule has 0 bridgehead atoms. The van der Waals surface area contributed by atoms with Gasteiger partial charge in [-0.3, -0.25) is 0 Å². The van der Waals surface area contributed by atoms with Crippen LogP contribution in [0.25, 0.3) is 0 Å². The summed E-state index contributed by atoms with van der Waals surface area (Å²) in [6, 6.07) is 0. The highest BCUT2D eigenvalue weighted by Gasteiger charge is 2.60. The van der Waals surface area contributed by atoms with Crippen LogP contribution in [0, 0.1) is 46.3 Å². The monoisotopic (exact) mass is 458 g/mol. The predicted octanol–water partition coefficient (Wildman–Crippen LogP) is 7.47. The van der Waals surface area contributed by atoms with E-state index in [1.165, 1.54) is 64.3 Å². The summed E-state index contributed by atoms with van der Waals surface area (Å²) in [6.07, 6.45) is 14.5. The molecule has 0 radical (unpaired) electrons. The van der Waals surface area contributed by atoms with E-state index in [4.69, 9.17) is 0 Å². The van der Waals surface area contributed by atoms with E-state index in [0.29, 0.717) is 10.8 Å². The Morgan fingerprint density at radius 3 is 2.30 bits per heavy atom. The van der Waals surface area contributed by atoms with Crippen molar-refractivity contribution in [2.75, 3.05) is 27.7 Å². The van der Waals surface area contributed by atoms with Gasteiger partial charge in [-0.15, -0.1) is 0 Å². The van der Waals surface area contributed by atoms with Gasteiger partial charge in [0, 0.05) is 0 Å². The summed E-state index contributed by atoms with van der Waals surface area (Å²) in [7, 11) is 7.06. The van der Waals surface area contributed by atoms with Crippen LogP contribution in [0.1, 0.15) is 105 Å². The molecule has 190 valence electrons. The summed E-state index contributed by atoms with van der Waals surface area (Å²) in [5.74, 6) is 5.31. The molecule has 3 saturated carbocycles. The van der Waals surface area contributed by atoms with Gasteiger partial charge < -0.3 is 9.59 Å². The maximum atomic E-state index is 10.6. The zero-order valence-electron chi connectivity index (χ0n) is 23.4. The molecule has 8 atom stereocenters. The molecule has 0 aromatic rings. The first-order chi connectivity index (χ1) is 15.3. The Bertz CT molecular complexity index is 732. The van der Waals surface area contributed by atoms with Crippen molar-refractivity contribution in [2.45, 2.75) is 111 Å². The van der Waals surface area contributed by atoms with Gasteiger partial charge in [-0.05, 0) is 103 Å². The Hall–Kier alpha value is -0.340. The second kappa shape index (κ2) is 9.27. The third-order valence-corrected chi connectivity index (χ3v) is 11.2. The third kappa shape index (κ3) is 4.87. The van der Waals surface area contributed by atoms with Crippen molar-refractivity contribution in [3.8, 4) is 0 Å². The number of likely N-dealkylation sites (N-methyl/N-ethyl adjacent to an activating group) is 1. The molecule has 0 aromatic carbocycles. The number of rotatable bonds is 7. The van der Waals surface area contributed by atoms with E-state index in [1.54, 1.807) is 11.1 Å². The van der Waals surface area contributed by atoms with Gasteiger partial charge in [0.25, 0.3) is 0 Å². The molecule has 0 heterocycles. The second-order valence-electron chi connectivity index (χ2n) is 15.0. The van der Waals surface area contributed by atoms with Crippen LogP contribution in [-0.4, -0.2) is 43.4 Å². The first-order valence-electron chi connectivity index (χ1n) is 14.5. The number of aliphatic hydroxyl groups excluding tert-OH is 1. The standard InChI is InChI=1S/C31H56NO/c1-21(2)10-9-11-22(3)26-12-13-27-25-18-23(20-32(6,7)8)29-19-24(33)14-16-31(29,5)28(25)15-17-30(26,27)4/h21-22,24-28,33H,9-20H2,1-8H3/q+1/t22-,24+,25+,26-,27+,28+,30-,31-/m1/s1. The van der Waals surface area contributed by atoms with Crippen molar-refractivity contribution < 1.29 is 9.59 Å². The molecule has 4 rings (SSSR count). The lowest BCUT2D eigenvalue weighted by atomic mass is 9.46. The molecule has 33 heavy (non-hydrogen) atoms. The van der Waals surface area contributed by atoms with E-state index in [0.717, 1.165) is 52.8 Å². The highest BCUT2D eigenvalue weighted by atomic mass is 16.3. The van der Waals surface area contributed by atoms with Crippen LogP contribution >= 0.6 is 0 Å². The molecule has 4 aliphatic carbocycles. The lowest BCUT2D eigenvalue weighted by molar-refractivity contribution is -0.865. The molecular formula is C31H56NO+. The fourth-order valence-electron chi connectivity index (χ4n) is 9.67. The van der Waals surface area contributed by atoms with Gasteiger partial charge in [0.15, 0.2) is 0 Å². The fraction of sp³-hybridized carbons (Fsp3) is 0.935. The Kier molecular flexibility index (Phi) is 7.23. The second-order valence-corrected chi connectivity index (χ2v) is 15.0. The quantitative estimate of drug-likeness (QED) is 0.310. The summed E-state index contributed by atoms with van der Waals surface area (Å²) in [5, 5.41) is 10.6. The molecule has 0 aliphatic heterocycles. The summed E-state index contributed by atoms with van der Waals surface area (Å²) < 4.78 is 1.01. The topological polar surface area (TPSA) is 20.2 Å². The molecule has 0 saturated heterocycles. The molecule has 0 amide bonds.